The van der Waals surface area contributed by atoms with Gasteiger partial charge in [0.05, 0.1) is 12.3 Å². The molecule has 2 heterocycles. The molecule has 2 aromatic rings. The Labute approximate surface area is 121 Å². The Kier molecular flexibility index (Phi) is 3.51. The number of rotatable bonds is 2. The van der Waals surface area contributed by atoms with Gasteiger partial charge in [-0.05, 0) is 6.92 Å². The van der Waals surface area contributed by atoms with Crippen LogP contribution in [-0.4, -0.2) is 20.0 Å². The predicted octanol–water partition coefficient (Wildman–Crippen LogP) is 3.01. The average Bonchev–Trinajstić information content (AvgIpc) is 2.89. The minimum Gasteiger partial charge on any atom is -0.297 e. The van der Waals surface area contributed by atoms with Crippen LogP contribution >= 0.6 is 0 Å². The molecule has 0 saturated carbocycles. The lowest BCUT2D eigenvalue weighted by Crippen LogP contribution is -2.12. The molecule has 2 rings (SSSR count). The van der Waals surface area contributed by atoms with Crippen molar-refractivity contribution in [3.05, 3.63) is 33.2 Å². The molecule has 0 bridgehead atoms. The lowest BCUT2D eigenvalue weighted by atomic mass is 9.91. The third-order valence-electron chi connectivity index (χ3n) is 3.03. The number of aromatic amines is 2. The normalized spacial score (nSPS) is 12.0. The van der Waals surface area contributed by atoms with Gasteiger partial charge in [0.25, 0.3) is 11.2 Å². The predicted molar refractivity (Wildman–Crippen MR) is 78.5 cm³/mol. The second kappa shape index (κ2) is 5.01. The van der Waals surface area contributed by atoms with Crippen molar-refractivity contribution in [2.75, 3.05) is 0 Å². The van der Waals surface area contributed by atoms with Gasteiger partial charge in [0.15, 0.2) is 5.69 Å². The van der Waals surface area contributed by atoms with E-state index in [9.17, 15) is 4.79 Å². The zero-order valence-electron chi connectivity index (χ0n) is 12.6. The number of aryl methyl sites for hydroxylation is 2. The average molecular weight is 287 g/mol. The van der Waals surface area contributed by atoms with E-state index >= 15 is 0 Å². The van der Waals surface area contributed by atoms with Crippen LogP contribution in [0.25, 0.3) is 4.85 Å². The van der Waals surface area contributed by atoms with E-state index in [4.69, 9.17) is 6.57 Å². The molecule has 0 atom stereocenters. The Morgan fingerprint density at radius 1 is 1.33 bits per heavy atom. The van der Waals surface area contributed by atoms with Crippen LogP contribution < -0.4 is 5.56 Å². The van der Waals surface area contributed by atoms with Crippen molar-refractivity contribution in [2.45, 2.75) is 33.1 Å². The lowest BCUT2D eigenvalue weighted by molar-refractivity contribution is 0.552. The smallest absolute Gasteiger partial charge is 0.294 e. The van der Waals surface area contributed by atoms with Crippen LogP contribution in [-0.2, 0) is 12.5 Å². The fourth-order valence-corrected chi connectivity index (χ4v) is 1.86. The molecule has 2 N–H and O–H groups in total. The number of hydrogen-bond acceptors (Lipinski definition) is 4. The molecular weight excluding hydrogens is 270 g/mol. The van der Waals surface area contributed by atoms with Gasteiger partial charge >= 0.3 is 0 Å². The summed E-state index contributed by atoms with van der Waals surface area (Å²) in [4.78, 5) is 15.5. The van der Waals surface area contributed by atoms with Gasteiger partial charge < -0.3 is 0 Å². The number of hydrogen-bond donors (Lipinski definition) is 2. The summed E-state index contributed by atoms with van der Waals surface area (Å²) < 4.78 is 1.36. The number of H-pyrrole nitrogens is 2. The SMILES string of the molecule is [C-]#[N+]c1c(N=Nc2c(C(C)(C)C)[nH]n(C)c2=O)n[nH]c1C. The van der Waals surface area contributed by atoms with E-state index in [0.717, 1.165) is 0 Å². The minimum atomic E-state index is -0.279. The fraction of sp³-hybridized carbons (Fsp3) is 0.462. The van der Waals surface area contributed by atoms with Gasteiger partial charge in [-0.25, -0.2) is 4.85 Å². The highest BCUT2D eigenvalue weighted by atomic mass is 16.1. The second-order valence-electron chi connectivity index (χ2n) is 5.78. The molecule has 0 fully saturated rings. The van der Waals surface area contributed by atoms with Crippen molar-refractivity contribution in [1.82, 2.24) is 20.0 Å². The zero-order valence-corrected chi connectivity index (χ0v) is 12.6. The van der Waals surface area contributed by atoms with E-state index in [0.29, 0.717) is 17.1 Å². The largest absolute Gasteiger partial charge is 0.297 e. The van der Waals surface area contributed by atoms with Crippen molar-refractivity contribution < 1.29 is 0 Å². The topological polar surface area (TPSA) is 95.6 Å². The molecule has 0 radical (unpaired) electrons. The third kappa shape index (κ3) is 2.63. The number of nitrogens with zero attached hydrogens (tertiary/aromatic N) is 5. The van der Waals surface area contributed by atoms with Gasteiger partial charge in [-0.15, -0.1) is 10.2 Å². The highest BCUT2D eigenvalue weighted by molar-refractivity contribution is 5.64. The standard InChI is InChI=1S/C13H17N7O/c1-7-8(14-5)11(17-15-7)18-16-9-10(13(2,3)4)19-20(6)12(9)21/h19H,1-4,6H3,(H,15,17). The molecule has 0 amide bonds. The highest BCUT2D eigenvalue weighted by Gasteiger charge is 2.24. The van der Waals surface area contributed by atoms with E-state index < -0.39 is 0 Å². The molecule has 0 aliphatic heterocycles. The van der Waals surface area contributed by atoms with E-state index in [-0.39, 0.29) is 22.5 Å². The maximum absolute atomic E-state index is 12.1. The monoisotopic (exact) mass is 287 g/mol. The van der Waals surface area contributed by atoms with Gasteiger partial charge in [-0.3, -0.25) is 19.7 Å². The second-order valence-corrected chi connectivity index (χ2v) is 5.78. The Bertz CT molecular complexity index is 792. The quantitative estimate of drug-likeness (QED) is 0.656. The highest BCUT2D eigenvalue weighted by Crippen LogP contribution is 2.32. The van der Waals surface area contributed by atoms with Crippen molar-refractivity contribution >= 4 is 17.2 Å². The molecule has 0 aliphatic carbocycles. The molecule has 0 saturated heterocycles. The first-order chi connectivity index (χ1) is 9.75. The first kappa shape index (κ1) is 14.7. The van der Waals surface area contributed by atoms with Crippen molar-refractivity contribution in [1.29, 1.82) is 0 Å². The Hall–Kier alpha value is -2.69. The maximum atomic E-state index is 12.1. The summed E-state index contributed by atoms with van der Waals surface area (Å²) in [7, 11) is 1.62. The van der Waals surface area contributed by atoms with Crippen molar-refractivity contribution in [3.8, 4) is 0 Å². The van der Waals surface area contributed by atoms with Crippen LogP contribution in [0.1, 0.15) is 32.2 Å². The van der Waals surface area contributed by atoms with Crippen LogP contribution in [0, 0.1) is 13.5 Å². The van der Waals surface area contributed by atoms with Crippen LogP contribution in [0.5, 0.6) is 0 Å². The molecule has 0 spiro atoms. The summed E-state index contributed by atoms with van der Waals surface area (Å²) in [6.07, 6.45) is 0. The Balaban J connectivity index is 2.52. The van der Waals surface area contributed by atoms with Gasteiger partial charge in [0, 0.05) is 18.2 Å². The third-order valence-corrected chi connectivity index (χ3v) is 3.03. The minimum absolute atomic E-state index is 0.186. The molecule has 8 nitrogen and oxygen atoms in total. The summed E-state index contributed by atoms with van der Waals surface area (Å²) in [5.74, 6) is 0.186. The van der Waals surface area contributed by atoms with Crippen LogP contribution in [0.3, 0.4) is 0 Å². The molecule has 2 aromatic heterocycles. The summed E-state index contributed by atoms with van der Waals surface area (Å²) in [5, 5.41) is 17.5. The first-order valence-electron chi connectivity index (χ1n) is 6.39. The van der Waals surface area contributed by atoms with E-state index in [2.05, 4.69) is 30.4 Å². The summed E-state index contributed by atoms with van der Waals surface area (Å²) in [5.41, 5.74) is 1.32. The Morgan fingerprint density at radius 3 is 2.57 bits per heavy atom. The van der Waals surface area contributed by atoms with Gasteiger partial charge in [0.2, 0.25) is 5.82 Å². The summed E-state index contributed by atoms with van der Waals surface area (Å²) in [6.45, 7) is 14.8. The molecule has 8 heteroatoms. The van der Waals surface area contributed by atoms with Crippen molar-refractivity contribution in [2.24, 2.45) is 17.3 Å². The number of aromatic nitrogens is 4. The maximum Gasteiger partial charge on any atom is 0.294 e. The molecule has 0 unspecified atom stereocenters. The number of azo groups is 1. The summed E-state index contributed by atoms with van der Waals surface area (Å²) >= 11 is 0. The Morgan fingerprint density at radius 2 is 2.00 bits per heavy atom. The zero-order chi connectivity index (χ0) is 15.8. The molecular formula is C13H17N7O. The van der Waals surface area contributed by atoms with Crippen LogP contribution in [0.15, 0.2) is 15.0 Å². The molecule has 110 valence electrons. The lowest BCUT2D eigenvalue weighted by Gasteiger charge is -2.16. The van der Waals surface area contributed by atoms with Gasteiger partial charge in [0.1, 0.15) is 0 Å². The van der Waals surface area contributed by atoms with E-state index in [1.807, 2.05) is 20.8 Å². The summed E-state index contributed by atoms with van der Waals surface area (Å²) in [6, 6.07) is 0. The fourth-order valence-electron chi connectivity index (χ4n) is 1.86. The molecule has 21 heavy (non-hydrogen) atoms. The van der Waals surface area contributed by atoms with Crippen molar-refractivity contribution in [3.63, 3.8) is 0 Å². The van der Waals surface area contributed by atoms with E-state index in [1.165, 1.54) is 4.68 Å². The van der Waals surface area contributed by atoms with Crippen LogP contribution in [0.4, 0.5) is 17.2 Å². The molecule has 0 aromatic carbocycles. The van der Waals surface area contributed by atoms with E-state index in [1.54, 1.807) is 14.0 Å². The molecule has 0 aliphatic rings. The first-order valence-corrected chi connectivity index (χ1v) is 6.39. The van der Waals surface area contributed by atoms with Crippen LogP contribution in [0.2, 0.25) is 0 Å². The number of nitrogens with one attached hydrogen (secondary N) is 2. The van der Waals surface area contributed by atoms with Gasteiger partial charge in [-0.1, -0.05) is 20.8 Å². The van der Waals surface area contributed by atoms with Gasteiger partial charge in [-0.2, -0.15) is 5.10 Å².